The molecule has 0 atom stereocenters. The van der Waals surface area contributed by atoms with Gasteiger partial charge in [-0.25, -0.2) is 4.79 Å². The van der Waals surface area contributed by atoms with Crippen LogP contribution in [0.15, 0.2) is 53.5 Å². The topological polar surface area (TPSA) is 32.7 Å². The molecule has 0 bridgehead atoms. The molecule has 2 aromatic carbocycles. The van der Waals surface area contributed by atoms with E-state index >= 15 is 0 Å². The predicted octanol–water partition coefficient (Wildman–Crippen LogP) is 3.17. The summed E-state index contributed by atoms with van der Waals surface area (Å²) in [5, 5.41) is 0. The highest BCUT2D eigenvalue weighted by molar-refractivity contribution is 5.60. The zero-order chi connectivity index (χ0) is 12.4. The molecule has 2 aromatic rings. The Bertz CT molecular complexity index is 605. The number of hydrogen-bond donors (Lipinski definition) is 0. The van der Waals surface area contributed by atoms with Gasteiger partial charge in [-0.1, -0.05) is 30.3 Å². The van der Waals surface area contributed by atoms with E-state index in [9.17, 15) is 4.79 Å². The van der Waals surface area contributed by atoms with Gasteiger partial charge >= 0.3 is 0 Å². The Balaban J connectivity index is 1.90. The van der Waals surface area contributed by atoms with Crippen LogP contribution in [0.1, 0.15) is 11.1 Å². The summed E-state index contributed by atoms with van der Waals surface area (Å²) in [4.78, 5) is 16.2. The van der Waals surface area contributed by atoms with Crippen LogP contribution >= 0.6 is 0 Å². The van der Waals surface area contributed by atoms with E-state index in [-0.39, 0.29) is 0 Å². The van der Waals surface area contributed by atoms with Crippen LogP contribution in [0.4, 0.5) is 11.4 Å². The van der Waals surface area contributed by atoms with E-state index in [0.29, 0.717) is 5.69 Å². The molecule has 0 saturated heterocycles. The number of hydrogen-bond acceptors (Lipinski definition) is 3. The normalized spacial score (nSPS) is 13.0. The molecule has 0 saturated carbocycles. The zero-order valence-electron chi connectivity index (χ0n) is 9.84. The van der Waals surface area contributed by atoms with Gasteiger partial charge in [-0.15, -0.1) is 0 Å². The number of anilines is 1. The molecule has 3 rings (SSSR count). The molecule has 0 aromatic heterocycles. The quantitative estimate of drug-likeness (QED) is 0.592. The lowest BCUT2D eigenvalue weighted by Gasteiger charge is -2.17. The number of benzene rings is 2. The first-order chi connectivity index (χ1) is 8.86. The smallest absolute Gasteiger partial charge is 0.240 e. The maximum atomic E-state index is 10.3. The monoisotopic (exact) mass is 236 g/mol. The molecule has 0 amide bonds. The molecule has 0 radical (unpaired) electrons. The highest BCUT2D eigenvalue weighted by Gasteiger charge is 2.18. The molecule has 3 nitrogen and oxygen atoms in total. The van der Waals surface area contributed by atoms with Crippen molar-refractivity contribution >= 4 is 17.5 Å². The molecule has 0 unspecified atom stereocenters. The fraction of sp³-hybridized carbons (Fsp3) is 0.133. The van der Waals surface area contributed by atoms with Crippen LogP contribution in [0.25, 0.3) is 0 Å². The molecule has 88 valence electrons. The molecular formula is C15H12N2O. The van der Waals surface area contributed by atoms with Crippen LogP contribution in [0, 0.1) is 0 Å². The van der Waals surface area contributed by atoms with Crippen LogP contribution < -0.4 is 4.90 Å². The Hall–Kier alpha value is -2.38. The van der Waals surface area contributed by atoms with Crippen molar-refractivity contribution in [2.24, 2.45) is 4.99 Å². The van der Waals surface area contributed by atoms with Crippen molar-refractivity contribution in [3.8, 4) is 0 Å². The number of carbonyl (C=O) groups excluding carboxylic acids is 1. The third-order valence-electron chi connectivity index (χ3n) is 3.21. The summed E-state index contributed by atoms with van der Waals surface area (Å²) in [5.41, 5.74) is 4.46. The van der Waals surface area contributed by atoms with Crippen molar-refractivity contribution in [1.82, 2.24) is 0 Å². The summed E-state index contributed by atoms with van der Waals surface area (Å²) < 4.78 is 0. The first kappa shape index (κ1) is 10.8. The number of nitrogens with zero attached hydrogens (tertiary/aromatic N) is 2. The van der Waals surface area contributed by atoms with Crippen LogP contribution in [-0.4, -0.2) is 6.08 Å². The highest BCUT2D eigenvalue weighted by atomic mass is 16.1. The van der Waals surface area contributed by atoms with Crippen LogP contribution in [0.2, 0.25) is 0 Å². The minimum Gasteiger partial charge on any atom is -0.363 e. The molecule has 1 aliphatic rings. The van der Waals surface area contributed by atoms with Crippen molar-refractivity contribution in [2.75, 3.05) is 4.90 Å². The lowest BCUT2D eigenvalue weighted by molar-refractivity contribution is 0.565. The molecular weight excluding hydrogens is 224 g/mol. The average molecular weight is 236 g/mol. The minimum absolute atomic E-state index is 0.651. The molecule has 0 N–H and O–H groups in total. The van der Waals surface area contributed by atoms with E-state index in [2.05, 4.69) is 34.2 Å². The Morgan fingerprint density at radius 1 is 1.00 bits per heavy atom. The van der Waals surface area contributed by atoms with Gasteiger partial charge in [-0.05, 0) is 29.3 Å². The van der Waals surface area contributed by atoms with Crippen LogP contribution in [0.3, 0.4) is 0 Å². The minimum atomic E-state index is 0.651. The average Bonchev–Trinajstić information content (AvgIpc) is 2.83. The maximum absolute atomic E-state index is 10.3. The number of isocyanates is 1. The third-order valence-corrected chi connectivity index (χ3v) is 3.21. The standard InChI is InChI=1S/C15H12N2O/c18-11-16-14-6-3-7-15(8-14)17-9-12-4-1-2-5-13(12)10-17/h1-8H,9-10H2. The Kier molecular flexibility index (Phi) is 2.67. The largest absolute Gasteiger partial charge is 0.363 e. The van der Waals surface area contributed by atoms with Gasteiger partial charge in [0.15, 0.2) is 0 Å². The van der Waals surface area contributed by atoms with E-state index in [1.807, 2.05) is 18.2 Å². The van der Waals surface area contributed by atoms with Gasteiger partial charge in [0, 0.05) is 18.8 Å². The third kappa shape index (κ3) is 1.92. The van der Waals surface area contributed by atoms with Crippen molar-refractivity contribution in [2.45, 2.75) is 13.1 Å². The summed E-state index contributed by atoms with van der Waals surface area (Å²) in [7, 11) is 0. The fourth-order valence-corrected chi connectivity index (χ4v) is 2.33. The predicted molar refractivity (Wildman–Crippen MR) is 70.6 cm³/mol. The van der Waals surface area contributed by atoms with Crippen LogP contribution in [-0.2, 0) is 17.9 Å². The second kappa shape index (κ2) is 4.47. The highest BCUT2D eigenvalue weighted by Crippen LogP contribution is 2.29. The molecule has 3 heteroatoms. The van der Waals surface area contributed by atoms with Gasteiger partial charge in [-0.3, -0.25) is 0 Å². The van der Waals surface area contributed by atoms with Crippen molar-refractivity contribution in [1.29, 1.82) is 0 Å². The first-order valence-electron chi connectivity index (χ1n) is 5.86. The zero-order valence-corrected chi connectivity index (χ0v) is 9.84. The molecule has 0 aliphatic carbocycles. The Labute approximate surface area is 105 Å². The van der Waals surface area contributed by atoms with Gasteiger partial charge in [-0.2, -0.15) is 4.99 Å². The van der Waals surface area contributed by atoms with Crippen molar-refractivity contribution < 1.29 is 4.79 Å². The Morgan fingerprint density at radius 2 is 1.72 bits per heavy atom. The van der Waals surface area contributed by atoms with Gasteiger partial charge < -0.3 is 4.90 Å². The summed E-state index contributed by atoms with van der Waals surface area (Å²) in [6.45, 7) is 1.81. The van der Waals surface area contributed by atoms with Gasteiger partial charge in [0.2, 0.25) is 6.08 Å². The van der Waals surface area contributed by atoms with E-state index in [0.717, 1.165) is 18.8 Å². The second-order valence-corrected chi connectivity index (χ2v) is 4.35. The maximum Gasteiger partial charge on any atom is 0.240 e. The van der Waals surface area contributed by atoms with Gasteiger partial charge in [0.25, 0.3) is 0 Å². The molecule has 0 spiro atoms. The van der Waals surface area contributed by atoms with Gasteiger partial charge in [0.05, 0.1) is 5.69 Å². The number of fused-ring (bicyclic) bond motifs is 1. The van der Waals surface area contributed by atoms with Gasteiger partial charge in [0.1, 0.15) is 0 Å². The lowest BCUT2D eigenvalue weighted by atomic mass is 10.1. The molecule has 18 heavy (non-hydrogen) atoms. The van der Waals surface area contributed by atoms with E-state index in [1.54, 1.807) is 12.1 Å². The Morgan fingerprint density at radius 3 is 2.39 bits per heavy atom. The SMILES string of the molecule is O=C=Nc1cccc(N2Cc3ccccc3C2)c1. The molecule has 1 heterocycles. The summed E-state index contributed by atoms with van der Waals surface area (Å²) in [6, 6.07) is 16.1. The fourth-order valence-electron chi connectivity index (χ4n) is 2.33. The van der Waals surface area contributed by atoms with E-state index in [1.165, 1.54) is 11.1 Å². The summed E-state index contributed by atoms with van der Waals surface area (Å²) in [6.07, 6.45) is 1.58. The first-order valence-corrected chi connectivity index (χ1v) is 5.86. The summed E-state index contributed by atoms with van der Waals surface area (Å²) >= 11 is 0. The molecule has 1 aliphatic heterocycles. The number of rotatable bonds is 2. The molecule has 0 fully saturated rings. The van der Waals surface area contributed by atoms with Crippen molar-refractivity contribution in [3.63, 3.8) is 0 Å². The van der Waals surface area contributed by atoms with Crippen molar-refractivity contribution in [3.05, 3.63) is 59.7 Å². The summed E-state index contributed by atoms with van der Waals surface area (Å²) in [5.74, 6) is 0. The lowest BCUT2D eigenvalue weighted by Crippen LogP contribution is -2.13. The van der Waals surface area contributed by atoms with E-state index < -0.39 is 0 Å². The van der Waals surface area contributed by atoms with Crippen LogP contribution in [0.5, 0.6) is 0 Å². The van der Waals surface area contributed by atoms with E-state index in [4.69, 9.17) is 0 Å². The second-order valence-electron chi connectivity index (χ2n) is 4.35. The number of aliphatic imine (C=N–C) groups is 1.